The number of hydrazine groups is 1. The second-order valence-electron chi connectivity index (χ2n) is 9.54. The third-order valence-electron chi connectivity index (χ3n) is 6.76. The van der Waals surface area contributed by atoms with Gasteiger partial charge in [-0.15, -0.1) is 0 Å². The molecule has 184 valence electrons. The highest BCUT2D eigenvalue weighted by Gasteiger charge is 2.40. The average molecular weight is 477 g/mol. The van der Waals surface area contributed by atoms with E-state index in [1.54, 1.807) is 13.0 Å². The van der Waals surface area contributed by atoms with Crippen molar-refractivity contribution in [3.05, 3.63) is 29.3 Å². The van der Waals surface area contributed by atoms with E-state index in [0.717, 1.165) is 24.1 Å². The Morgan fingerprint density at radius 1 is 1.26 bits per heavy atom. The van der Waals surface area contributed by atoms with Crippen molar-refractivity contribution < 1.29 is 23.1 Å². The zero-order chi connectivity index (χ0) is 23.9. The van der Waals surface area contributed by atoms with Crippen LogP contribution in [0.5, 0.6) is 0 Å². The van der Waals surface area contributed by atoms with Gasteiger partial charge in [0.1, 0.15) is 5.84 Å². The third-order valence-corrected chi connectivity index (χ3v) is 6.76. The zero-order valence-electron chi connectivity index (χ0n) is 19.2. The molecule has 1 aromatic carbocycles. The highest BCUT2D eigenvalue weighted by Crippen LogP contribution is 2.33. The Labute approximate surface area is 197 Å². The van der Waals surface area contributed by atoms with Crippen LogP contribution in [0, 0.1) is 11.3 Å². The molecule has 5 rings (SSSR count). The molecule has 0 atom stereocenters. The number of amidine groups is 1. The molecule has 11 heteroatoms. The predicted molar refractivity (Wildman–Crippen MR) is 122 cm³/mol. The number of nitrogens with zero attached hydrogens (tertiary/aromatic N) is 4. The highest BCUT2D eigenvalue weighted by molar-refractivity contribution is 5.93. The predicted octanol–water partition coefficient (Wildman–Crippen LogP) is 2.16. The summed E-state index contributed by atoms with van der Waals surface area (Å²) >= 11 is 0. The number of nitrogens with one attached hydrogen (secondary N) is 2. The van der Waals surface area contributed by atoms with Crippen LogP contribution in [0.15, 0.2) is 23.4 Å². The lowest BCUT2D eigenvalue weighted by Crippen LogP contribution is -2.53. The second-order valence-corrected chi connectivity index (χ2v) is 9.54. The summed E-state index contributed by atoms with van der Waals surface area (Å²) in [7, 11) is 0. The summed E-state index contributed by atoms with van der Waals surface area (Å²) in [4.78, 5) is 20.4. The molecule has 1 saturated carbocycles. The highest BCUT2D eigenvalue weighted by atomic mass is 19.3. The molecule has 4 aliphatic rings. The van der Waals surface area contributed by atoms with Crippen molar-refractivity contribution >= 4 is 23.3 Å². The van der Waals surface area contributed by atoms with Gasteiger partial charge < -0.3 is 24.4 Å². The molecule has 0 aromatic heterocycles. The fraction of sp³-hybridized carbons (Fsp3) is 0.609. The lowest BCUT2D eigenvalue weighted by Gasteiger charge is -2.36. The first-order valence-electron chi connectivity index (χ1n) is 11.7. The molecule has 0 bridgehead atoms. The van der Waals surface area contributed by atoms with Crippen LogP contribution >= 0.6 is 0 Å². The fourth-order valence-electron chi connectivity index (χ4n) is 4.45. The van der Waals surface area contributed by atoms with E-state index in [0.29, 0.717) is 37.7 Å². The molecule has 3 heterocycles. The number of anilines is 1. The molecule has 3 fully saturated rings. The molecule has 0 unspecified atom stereocenters. The molecule has 1 aliphatic carbocycles. The lowest BCUT2D eigenvalue weighted by molar-refractivity contribution is -0.135. The van der Waals surface area contributed by atoms with Gasteiger partial charge in [-0.3, -0.25) is 10.2 Å². The lowest BCUT2D eigenvalue weighted by atomic mass is 10.1. The SMILES string of the molecule is C/C(=N\OC(=N)c1ccc2c(c1)N(C1COC1)NC2)N1CCN(C(=O)CC2CC2)CC(F)(F)C1. The summed E-state index contributed by atoms with van der Waals surface area (Å²) < 4.78 is 34.4. The Bertz CT molecular complexity index is 995. The molecule has 34 heavy (non-hydrogen) atoms. The maximum atomic E-state index is 14.6. The average Bonchev–Trinajstić information content (AvgIpc) is 3.52. The van der Waals surface area contributed by atoms with Crippen LogP contribution < -0.4 is 10.4 Å². The molecule has 2 saturated heterocycles. The van der Waals surface area contributed by atoms with Crippen LogP contribution in [-0.4, -0.2) is 78.8 Å². The van der Waals surface area contributed by atoms with Gasteiger partial charge in [-0.1, -0.05) is 11.2 Å². The largest absolute Gasteiger partial charge is 0.377 e. The van der Waals surface area contributed by atoms with E-state index in [1.165, 1.54) is 9.80 Å². The number of carbonyl (C=O) groups excluding carboxylic acids is 1. The van der Waals surface area contributed by atoms with E-state index in [9.17, 15) is 13.6 Å². The molecule has 3 aliphatic heterocycles. The summed E-state index contributed by atoms with van der Waals surface area (Å²) in [5.41, 5.74) is 5.97. The summed E-state index contributed by atoms with van der Waals surface area (Å²) in [5, 5.41) is 14.3. The minimum absolute atomic E-state index is 0.165. The summed E-state index contributed by atoms with van der Waals surface area (Å²) in [6, 6.07) is 5.85. The van der Waals surface area contributed by atoms with E-state index in [2.05, 4.69) is 15.6 Å². The van der Waals surface area contributed by atoms with Crippen LogP contribution in [0.1, 0.15) is 37.3 Å². The number of hydrogen-bond donors (Lipinski definition) is 2. The van der Waals surface area contributed by atoms with Crippen LogP contribution in [-0.2, 0) is 20.9 Å². The van der Waals surface area contributed by atoms with Gasteiger partial charge in [0, 0.05) is 31.6 Å². The van der Waals surface area contributed by atoms with Crippen LogP contribution in [0.3, 0.4) is 0 Å². The Morgan fingerprint density at radius 2 is 2.00 bits per heavy atom. The number of oxime groups is 1. The van der Waals surface area contributed by atoms with Crippen molar-refractivity contribution in [1.82, 2.24) is 15.2 Å². The van der Waals surface area contributed by atoms with Gasteiger partial charge in [-0.2, -0.15) is 0 Å². The number of alkyl halides is 2. The smallest absolute Gasteiger partial charge is 0.282 e. The van der Waals surface area contributed by atoms with E-state index in [-0.39, 0.29) is 36.8 Å². The quantitative estimate of drug-likeness (QED) is 0.384. The second kappa shape index (κ2) is 9.10. The third kappa shape index (κ3) is 5.00. The number of fused-ring (bicyclic) bond motifs is 1. The van der Waals surface area contributed by atoms with E-state index in [1.807, 2.05) is 12.1 Å². The maximum absolute atomic E-state index is 14.6. The maximum Gasteiger partial charge on any atom is 0.282 e. The van der Waals surface area contributed by atoms with Crippen LogP contribution in [0.2, 0.25) is 0 Å². The normalized spacial score (nSPS) is 22.8. The number of ether oxygens (including phenoxy) is 1. The van der Waals surface area contributed by atoms with Gasteiger partial charge in [-0.25, -0.2) is 14.2 Å². The van der Waals surface area contributed by atoms with Crippen molar-refractivity contribution in [2.45, 2.75) is 44.7 Å². The monoisotopic (exact) mass is 476 g/mol. The zero-order valence-corrected chi connectivity index (χ0v) is 19.2. The van der Waals surface area contributed by atoms with E-state index >= 15 is 0 Å². The van der Waals surface area contributed by atoms with Crippen molar-refractivity contribution in [2.24, 2.45) is 11.1 Å². The number of hydrogen-bond acceptors (Lipinski definition) is 7. The molecule has 1 amide bonds. The number of benzene rings is 1. The topological polar surface area (TPSA) is 93.5 Å². The van der Waals surface area contributed by atoms with Crippen molar-refractivity contribution in [3.8, 4) is 0 Å². The number of halogens is 2. The van der Waals surface area contributed by atoms with Crippen molar-refractivity contribution in [1.29, 1.82) is 5.41 Å². The molecule has 0 radical (unpaired) electrons. The molecule has 2 N–H and O–H groups in total. The first-order chi connectivity index (χ1) is 16.3. The Hall–Kier alpha value is -2.79. The van der Waals surface area contributed by atoms with Crippen molar-refractivity contribution in [3.63, 3.8) is 0 Å². The molecule has 9 nitrogen and oxygen atoms in total. The Balaban J connectivity index is 1.22. The Morgan fingerprint density at radius 3 is 2.71 bits per heavy atom. The van der Waals surface area contributed by atoms with Gasteiger partial charge in [0.2, 0.25) is 11.8 Å². The first kappa shape index (κ1) is 23.0. The Kier molecular flexibility index (Phi) is 6.15. The van der Waals surface area contributed by atoms with Gasteiger partial charge >= 0.3 is 0 Å². The standard InChI is InChI=1S/C23H30F2N6O3/c1-15(29-6-7-30(14-23(24,25)13-29)21(32)8-16-2-3-16)28-34-22(26)17-4-5-18-10-27-31(20(18)9-17)19-11-33-12-19/h4-5,9,16,19,26-27H,2-3,6-8,10-14H2,1H3/b26-22?,28-15+. The minimum atomic E-state index is -3.05. The number of rotatable bonds is 5. The number of carbonyl (C=O) groups is 1. The van der Waals surface area contributed by atoms with E-state index < -0.39 is 19.0 Å². The van der Waals surface area contributed by atoms with Crippen molar-refractivity contribution in [2.75, 3.05) is 44.4 Å². The molecule has 1 aromatic rings. The van der Waals surface area contributed by atoms with Gasteiger partial charge in [-0.05, 0) is 43.4 Å². The van der Waals surface area contributed by atoms with Crippen LogP contribution in [0.4, 0.5) is 14.5 Å². The summed E-state index contributed by atoms with van der Waals surface area (Å²) in [6.45, 7) is 2.91. The first-order valence-corrected chi connectivity index (χ1v) is 11.7. The van der Waals surface area contributed by atoms with E-state index in [4.69, 9.17) is 15.0 Å². The minimum Gasteiger partial charge on any atom is -0.377 e. The fourth-order valence-corrected chi connectivity index (χ4v) is 4.45. The molecular formula is C23H30F2N6O3. The van der Waals surface area contributed by atoms with Gasteiger partial charge in [0.15, 0.2) is 0 Å². The van der Waals surface area contributed by atoms with Crippen LogP contribution in [0.25, 0.3) is 0 Å². The summed E-state index contributed by atoms with van der Waals surface area (Å²) in [6.07, 6.45) is 2.36. The number of amides is 1. The summed E-state index contributed by atoms with van der Waals surface area (Å²) in [5.74, 6) is -2.82. The van der Waals surface area contributed by atoms with Gasteiger partial charge in [0.25, 0.3) is 5.92 Å². The molecular weight excluding hydrogens is 446 g/mol. The molecule has 0 spiro atoms. The van der Waals surface area contributed by atoms with Gasteiger partial charge in [0.05, 0.1) is 38.0 Å².